The Morgan fingerprint density at radius 3 is 2.27 bits per heavy atom. The van der Waals surface area contributed by atoms with E-state index >= 15 is 0 Å². The third-order valence-electron chi connectivity index (χ3n) is 10.4. The summed E-state index contributed by atoms with van der Waals surface area (Å²) >= 11 is 0. The van der Waals surface area contributed by atoms with E-state index in [1.165, 1.54) is 17.2 Å². The Morgan fingerprint density at radius 1 is 1.00 bits per heavy atom. The topological polar surface area (TPSA) is 131 Å². The van der Waals surface area contributed by atoms with E-state index in [1.54, 1.807) is 6.08 Å². The number of allylic oxidation sites excluding steroid dienone is 2. The number of benzene rings is 2. The summed E-state index contributed by atoms with van der Waals surface area (Å²) in [5.74, 6) is -1.23. The first kappa shape index (κ1) is 41.6. The predicted octanol–water partition coefficient (Wildman–Crippen LogP) is 5.91. The van der Waals surface area contributed by atoms with Gasteiger partial charge in [0.1, 0.15) is 18.4 Å². The van der Waals surface area contributed by atoms with Gasteiger partial charge in [-0.1, -0.05) is 132 Å². The standard InChI is InChI=1S/C44H57N3O7Si/c1-30(2)41-32(4)22-23-39(49)45-24-14-16-31(3)26-34(54-55(44(5,6)7,35-17-10-8-11-18-35)36-19-12-9-13-20-36)27-33(48)28-40-46-37(29-52-40)42(50)47-25-15-21-38(47)43(51)53-41/h8-14,16-20,22-23,26,29-30,32-34,38,41,48H,15,21,24-25,27-28H2,1-7H3,(H,45,49)/b16-14+,23-22+,31-26+/t32-,33?,34-,38-,41?/m1/s1. The van der Waals surface area contributed by atoms with Gasteiger partial charge in [0.15, 0.2) is 11.6 Å². The van der Waals surface area contributed by atoms with Gasteiger partial charge in [-0.25, -0.2) is 9.78 Å². The van der Waals surface area contributed by atoms with Crippen molar-refractivity contribution >= 4 is 36.5 Å². The van der Waals surface area contributed by atoms with E-state index in [9.17, 15) is 19.5 Å². The summed E-state index contributed by atoms with van der Waals surface area (Å²) in [4.78, 5) is 46.1. The van der Waals surface area contributed by atoms with Gasteiger partial charge in [0, 0.05) is 25.4 Å². The summed E-state index contributed by atoms with van der Waals surface area (Å²) in [5.41, 5.74) is 0.974. The van der Waals surface area contributed by atoms with Crippen LogP contribution in [0.25, 0.3) is 0 Å². The maximum atomic E-state index is 13.7. The minimum absolute atomic E-state index is 0.0293. The van der Waals surface area contributed by atoms with Crippen LogP contribution in [-0.2, 0) is 25.2 Å². The number of ether oxygens (including phenoxy) is 1. The molecule has 3 heterocycles. The molecule has 1 saturated heterocycles. The zero-order valence-corrected chi connectivity index (χ0v) is 34.2. The highest BCUT2D eigenvalue weighted by Gasteiger charge is 2.51. The Bertz CT molecular complexity index is 1810. The molecule has 55 heavy (non-hydrogen) atoms. The van der Waals surface area contributed by atoms with Gasteiger partial charge in [-0.15, -0.1) is 0 Å². The molecule has 3 aromatic rings. The summed E-state index contributed by atoms with van der Waals surface area (Å²) < 4.78 is 19.2. The largest absolute Gasteiger partial charge is 0.460 e. The van der Waals surface area contributed by atoms with Crippen LogP contribution < -0.4 is 15.7 Å². The van der Waals surface area contributed by atoms with Crippen LogP contribution in [0.3, 0.4) is 0 Å². The van der Waals surface area contributed by atoms with E-state index < -0.39 is 44.5 Å². The number of oxazole rings is 1. The highest BCUT2D eigenvalue weighted by Crippen LogP contribution is 2.38. The first-order valence-corrected chi connectivity index (χ1v) is 21.3. The molecule has 10 nitrogen and oxygen atoms in total. The highest BCUT2D eigenvalue weighted by atomic mass is 28.4. The number of hydrogen-bond donors (Lipinski definition) is 2. The fourth-order valence-corrected chi connectivity index (χ4v) is 12.4. The predicted molar refractivity (Wildman–Crippen MR) is 216 cm³/mol. The van der Waals surface area contributed by atoms with Gasteiger partial charge in [0.25, 0.3) is 14.2 Å². The van der Waals surface area contributed by atoms with Gasteiger partial charge in [-0.05, 0) is 47.2 Å². The molecule has 2 aliphatic heterocycles. The second-order valence-electron chi connectivity index (χ2n) is 16.1. The lowest BCUT2D eigenvalue weighted by Crippen LogP contribution is -2.67. The molecule has 2 bridgehead atoms. The number of rotatable bonds is 5. The summed E-state index contributed by atoms with van der Waals surface area (Å²) in [6, 6.07) is 19.9. The van der Waals surface area contributed by atoms with E-state index in [2.05, 4.69) is 55.3 Å². The molecule has 1 aromatic heterocycles. The fourth-order valence-electron chi connectivity index (χ4n) is 7.75. The smallest absolute Gasteiger partial charge is 0.329 e. The number of cyclic esters (lactones) is 1. The Kier molecular flexibility index (Phi) is 13.9. The number of aromatic nitrogens is 1. The van der Waals surface area contributed by atoms with Crippen molar-refractivity contribution < 1.29 is 33.1 Å². The van der Waals surface area contributed by atoms with E-state index in [1.807, 2.05) is 82.3 Å². The third kappa shape index (κ3) is 10.2. The minimum Gasteiger partial charge on any atom is -0.460 e. The van der Waals surface area contributed by atoms with Crippen molar-refractivity contribution in [3.8, 4) is 0 Å². The van der Waals surface area contributed by atoms with Crippen LogP contribution in [0.4, 0.5) is 0 Å². The van der Waals surface area contributed by atoms with Crippen molar-refractivity contribution in [3.63, 3.8) is 0 Å². The molecule has 0 spiro atoms. The molecule has 5 atom stereocenters. The molecule has 0 saturated carbocycles. The lowest BCUT2D eigenvalue weighted by atomic mass is 9.94. The van der Waals surface area contributed by atoms with Crippen molar-refractivity contribution in [2.24, 2.45) is 11.8 Å². The molecule has 2 N–H and O–H groups in total. The van der Waals surface area contributed by atoms with Crippen molar-refractivity contribution in [2.45, 2.75) is 104 Å². The first-order valence-electron chi connectivity index (χ1n) is 19.4. The Labute approximate surface area is 326 Å². The number of carbonyl (C=O) groups excluding carboxylic acids is 3. The van der Waals surface area contributed by atoms with Crippen molar-refractivity contribution in [3.05, 3.63) is 114 Å². The number of esters is 1. The second-order valence-corrected chi connectivity index (χ2v) is 20.4. The lowest BCUT2D eigenvalue weighted by Gasteiger charge is -2.45. The molecule has 1 fully saturated rings. The van der Waals surface area contributed by atoms with E-state index in [4.69, 9.17) is 13.6 Å². The fraction of sp³-hybridized carbons (Fsp3) is 0.455. The summed E-state index contributed by atoms with van der Waals surface area (Å²) in [5, 5.41) is 16.5. The molecule has 2 aromatic carbocycles. The number of fused-ring (bicyclic) bond motifs is 3. The molecular formula is C44H57N3O7Si. The number of nitrogens with one attached hydrogen (secondary N) is 1. The number of aliphatic hydroxyl groups excluding tert-OH is 1. The molecule has 11 heteroatoms. The van der Waals surface area contributed by atoms with Gasteiger partial charge in [0.05, 0.1) is 18.6 Å². The number of carbonyl (C=O) groups is 3. The van der Waals surface area contributed by atoms with Crippen LogP contribution in [-0.4, -0.2) is 78.5 Å². The zero-order chi connectivity index (χ0) is 39.8. The van der Waals surface area contributed by atoms with Gasteiger partial charge < -0.3 is 28.9 Å². The molecule has 2 amide bonds. The van der Waals surface area contributed by atoms with Gasteiger partial charge >= 0.3 is 5.97 Å². The van der Waals surface area contributed by atoms with Crippen molar-refractivity contribution in [1.29, 1.82) is 0 Å². The van der Waals surface area contributed by atoms with Crippen LogP contribution in [0.1, 0.15) is 84.1 Å². The minimum atomic E-state index is -3.03. The van der Waals surface area contributed by atoms with Crippen LogP contribution >= 0.6 is 0 Å². The average Bonchev–Trinajstić information content (AvgIpc) is 3.83. The molecule has 0 aliphatic carbocycles. The SMILES string of the molecule is CC1=C\[C@@H](O[Si](c2ccccc2)(c2ccccc2)C(C)(C)C)CC(O)Cc2nc(co2)C(=O)N2CCC[C@@H]2C(=O)OC(C(C)C)[C@H](C)/C=C/C(=O)NC\C=C\1. The maximum Gasteiger partial charge on any atom is 0.329 e. The monoisotopic (exact) mass is 767 g/mol. The van der Waals surface area contributed by atoms with E-state index in [0.29, 0.717) is 25.9 Å². The summed E-state index contributed by atoms with van der Waals surface area (Å²) in [7, 11) is -3.03. The summed E-state index contributed by atoms with van der Waals surface area (Å²) in [6.45, 7) is 15.1. The Hall–Kier alpha value is -4.58. The quantitative estimate of drug-likeness (QED) is 0.242. The lowest BCUT2D eigenvalue weighted by molar-refractivity contribution is -0.158. The second kappa shape index (κ2) is 18.4. The van der Waals surface area contributed by atoms with Crippen LogP contribution in [0.15, 0.2) is 107 Å². The average molecular weight is 768 g/mol. The molecule has 5 rings (SSSR count). The van der Waals surface area contributed by atoms with Gasteiger partial charge in [0.2, 0.25) is 5.91 Å². The molecule has 2 unspecified atom stereocenters. The normalized spacial score (nSPS) is 26.1. The van der Waals surface area contributed by atoms with Gasteiger partial charge in [-0.2, -0.15) is 0 Å². The van der Waals surface area contributed by atoms with Crippen LogP contribution in [0.5, 0.6) is 0 Å². The molecule has 0 radical (unpaired) electrons. The Morgan fingerprint density at radius 2 is 1.65 bits per heavy atom. The number of amides is 2. The highest BCUT2D eigenvalue weighted by molar-refractivity contribution is 6.99. The van der Waals surface area contributed by atoms with E-state index in [-0.39, 0.29) is 47.2 Å². The zero-order valence-electron chi connectivity index (χ0n) is 33.2. The van der Waals surface area contributed by atoms with Crippen LogP contribution in [0.2, 0.25) is 5.04 Å². The Balaban J connectivity index is 1.51. The van der Waals surface area contributed by atoms with Crippen molar-refractivity contribution in [2.75, 3.05) is 13.1 Å². The number of nitrogens with zero attached hydrogens (tertiary/aromatic N) is 2. The molecule has 2 aliphatic rings. The maximum absolute atomic E-state index is 13.7. The number of hydrogen-bond acceptors (Lipinski definition) is 8. The first-order chi connectivity index (χ1) is 26.2. The number of aliphatic hydroxyl groups is 1. The summed E-state index contributed by atoms with van der Waals surface area (Å²) in [6.07, 6.45) is 9.78. The third-order valence-corrected chi connectivity index (χ3v) is 15.5. The van der Waals surface area contributed by atoms with E-state index in [0.717, 1.165) is 15.9 Å². The van der Waals surface area contributed by atoms with Crippen LogP contribution in [0, 0.1) is 11.8 Å². The molecular weight excluding hydrogens is 711 g/mol. The van der Waals surface area contributed by atoms with Crippen molar-refractivity contribution in [1.82, 2.24) is 15.2 Å². The molecule has 294 valence electrons. The van der Waals surface area contributed by atoms with Gasteiger partial charge in [-0.3, -0.25) is 9.59 Å².